The summed E-state index contributed by atoms with van der Waals surface area (Å²) in [6.07, 6.45) is 0. The zero-order valence-electron chi connectivity index (χ0n) is 14.2. The molecule has 0 saturated heterocycles. The number of aromatic nitrogens is 4. The zero-order valence-corrected chi connectivity index (χ0v) is 15.0. The Morgan fingerprint density at radius 3 is 2.63 bits per heavy atom. The Morgan fingerprint density at radius 1 is 0.815 bits per heavy atom. The van der Waals surface area contributed by atoms with Gasteiger partial charge >= 0.3 is 0 Å². The van der Waals surface area contributed by atoms with E-state index in [1.54, 1.807) is 11.3 Å². The lowest BCUT2D eigenvalue weighted by molar-refractivity contribution is 1.12. The second-order valence-corrected chi connectivity index (χ2v) is 7.64. The fourth-order valence-corrected chi connectivity index (χ4v) is 4.61. The number of fused-ring (bicyclic) bond motifs is 3. The molecule has 3 aromatic carbocycles. The highest BCUT2D eigenvalue weighted by atomic mass is 32.1. The lowest BCUT2D eigenvalue weighted by Crippen LogP contribution is -1.82. The maximum atomic E-state index is 4.94. The summed E-state index contributed by atoms with van der Waals surface area (Å²) in [5.74, 6) is 0.901. The second kappa shape index (κ2) is 5.53. The van der Waals surface area contributed by atoms with Crippen LogP contribution in [0.1, 0.15) is 0 Å². The summed E-state index contributed by atoms with van der Waals surface area (Å²) in [4.78, 5) is 9.57. The third-order valence-corrected chi connectivity index (χ3v) is 6.02. The van der Waals surface area contributed by atoms with E-state index in [-0.39, 0.29) is 0 Å². The van der Waals surface area contributed by atoms with Crippen LogP contribution in [0.25, 0.3) is 54.0 Å². The first kappa shape index (κ1) is 14.7. The summed E-state index contributed by atoms with van der Waals surface area (Å²) < 4.78 is 1.27. The Kier molecular flexibility index (Phi) is 3.01. The molecule has 0 amide bonds. The average Bonchev–Trinajstić information content (AvgIpc) is 3.42. The van der Waals surface area contributed by atoms with Crippen LogP contribution in [-0.4, -0.2) is 20.2 Å². The summed E-state index contributed by atoms with van der Waals surface area (Å²) >= 11 is 1.76. The normalized spacial score (nSPS) is 11.7. The molecular weight excluding hydrogens is 352 g/mol. The summed E-state index contributed by atoms with van der Waals surface area (Å²) in [5, 5.41) is 10.0. The first-order valence-electron chi connectivity index (χ1n) is 8.78. The molecule has 0 radical (unpaired) electrons. The molecule has 5 heteroatoms. The van der Waals surface area contributed by atoms with Crippen LogP contribution >= 0.6 is 11.3 Å². The minimum Gasteiger partial charge on any atom is -0.337 e. The molecule has 27 heavy (non-hydrogen) atoms. The predicted molar refractivity (Wildman–Crippen MR) is 112 cm³/mol. The molecule has 0 bridgehead atoms. The number of aromatic amines is 2. The minimum absolute atomic E-state index is 0.901. The molecule has 0 aliphatic heterocycles. The van der Waals surface area contributed by atoms with E-state index in [4.69, 9.17) is 4.98 Å². The number of hydrogen-bond donors (Lipinski definition) is 2. The maximum absolute atomic E-state index is 4.94. The van der Waals surface area contributed by atoms with Crippen molar-refractivity contribution in [1.29, 1.82) is 0 Å². The SMILES string of the molecule is c1ccc2sc(-c3nc4c(-c5n[nH]c6ccccc56)cccc4[nH]3)cc2c1. The Morgan fingerprint density at radius 2 is 1.67 bits per heavy atom. The van der Waals surface area contributed by atoms with E-state index in [9.17, 15) is 0 Å². The van der Waals surface area contributed by atoms with Gasteiger partial charge in [-0.05, 0) is 29.7 Å². The van der Waals surface area contributed by atoms with Gasteiger partial charge < -0.3 is 4.98 Å². The lowest BCUT2D eigenvalue weighted by atomic mass is 10.1. The predicted octanol–water partition coefficient (Wildman–Crippen LogP) is 5.99. The van der Waals surface area contributed by atoms with Gasteiger partial charge in [0.15, 0.2) is 0 Å². The number of imidazole rings is 1. The van der Waals surface area contributed by atoms with E-state index < -0.39 is 0 Å². The molecule has 6 aromatic rings. The monoisotopic (exact) mass is 366 g/mol. The van der Waals surface area contributed by atoms with Crippen molar-refractivity contribution in [3.8, 4) is 22.0 Å². The third-order valence-electron chi connectivity index (χ3n) is 4.90. The highest BCUT2D eigenvalue weighted by molar-refractivity contribution is 7.22. The van der Waals surface area contributed by atoms with Crippen molar-refractivity contribution in [2.75, 3.05) is 0 Å². The molecule has 128 valence electrons. The van der Waals surface area contributed by atoms with Gasteiger partial charge in [0.2, 0.25) is 0 Å². The fraction of sp³-hybridized carbons (Fsp3) is 0. The van der Waals surface area contributed by atoms with Gasteiger partial charge in [-0.1, -0.05) is 48.5 Å². The van der Waals surface area contributed by atoms with E-state index in [2.05, 4.69) is 63.7 Å². The molecule has 0 unspecified atom stereocenters. The van der Waals surface area contributed by atoms with Crippen molar-refractivity contribution in [1.82, 2.24) is 20.2 Å². The van der Waals surface area contributed by atoms with E-state index in [0.717, 1.165) is 43.9 Å². The number of benzene rings is 3. The molecule has 4 nitrogen and oxygen atoms in total. The summed E-state index contributed by atoms with van der Waals surface area (Å²) in [6, 6.07) is 25.0. The Hall–Kier alpha value is -3.44. The highest BCUT2D eigenvalue weighted by Crippen LogP contribution is 2.36. The van der Waals surface area contributed by atoms with Gasteiger partial charge in [-0.15, -0.1) is 11.3 Å². The number of nitrogens with one attached hydrogen (secondary N) is 2. The third kappa shape index (κ3) is 2.22. The van der Waals surface area contributed by atoms with Gasteiger partial charge in [0.1, 0.15) is 11.5 Å². The summed E-state index contributed by atoms with van der Waals surface area (Å²) in [5.41, 5.74) is 4.97. The molecule has 0 aliphatic rings. The molecule has 0 atom stereocenters. The highest BCUT2D eigenvalue weighted by Gasteiger charge is 2.15. The Labute approximate surface area is 158 Å². The van der Waals surface area contributed by atoms with Crippen LogP contribution in [0, 0.1) is 0 Å². The Bertz CT molecular complexity index is 1400. The van der Waals surface area contributed by atoms with Crippen molar-refractivity contribution in [3.05, 3.63) is 72.8 Å². The summed E-state index contributed by atoms with van der Waals surface area (Å²) in [6.45, 7) is 0. The van der Waals surface area contributed by atoms with Crippen molar-refractivity contribution in [2.24, 2.45) is 0 Å². The molecule has 0 fully saturated rings. The molecule has 0 aliphatic carbocycles. The molecule has 6 rings (SSSR count). The Balaban J connectivity index is 1.57. The van der Waals surface area contributed by atoms with Crippen molar-refractivity contribution in [3.63, 3.8) is 0 Å². The van der Waals surface area contributed by atoms with E-state index in [0.29, 0.717) is 0 Å². The number of hydrogen-bond acceptors (Lipinski definition) is 3. The first-order chi connectivity index (χ1) is 13.4. The fourth-order valence-electron chi connectivity index (χ4n) is 3.61. The van der Waals surface area contributed by atoms with Crippen LogP contribution in [-0.2, 0) is 0 Å². The molecule has 3 aromatic heterocycles. The number of rotatable bonds is 2. The van der Waals surface area contributed by atoms with Crippen LogP contribution in [0.4, 0.5) is 0 Å². The van der Waals surface area contributed by atoms with E-state index in [1.165, 1.54) is 10.1 Å². The van der Waals surface area contributed by atoms with Crippen molar-refractivity contribution < 1.29 is 0 Å². The largest absolute Gasteiger partial charge is 0.337 e. The number of H-pyrrole nitrogens is 2. The van der Waals surface area contributed by atoms with Crippen LogP contribution < -0.4 is 0 Å². The standard InChI is InChI=1S/C22H14N4S/c1-4-11-18-13(6-1)12-19(27-18)22-23-17-10-5-8-15(21(17)24-22)20-14-7-2-3-9-16(14)25-26-20/h1-12H,(H,23,24)(H,25,26). The first-order valence-corrected chi connectivity index (χ1v) is 9.60. The van der Waals surface area contributed by atoms with Gasteiger partial charge in [0, 0.05) is 15.6 Å². The number of thiophene rings is 1. The zero-order chi connectivity index (χ0) is 17.8. The average molecular weight is 366 g/mol. The van der Waals surface area contributed by atoms with Gasteiger partial charge in [0.05, 0.1) is 21.4 Å². The molecular formula is C22H14N4S. The van der Waals surface area contributed by atoms with Crippen molar-refractivity contribution >= 4 is 43.4 Å². The molecule has 0 spiro atoms. The number of nitrogens with zero attached hydrogens (tertiary/aromatic N) is 2. The van der Waals surface area contributed by atoms with Crippen LogP contribution in [0.15, 0.2) is 72.8 Å². The number of para-hydroxylation sites is 2. The van der Waals surface area contributed by atoms with Gasteiger partial charge in [0.25, 0.3) is 0 Å². The van der Waals surface area contributed by atoms with Crippen molar-refractivity contribution in [2.45, 2.75) is 0 Å². The van der Waals surface area contributed by atoms with Crippen LogP contribution in [0.5, 0.6) is 0 Å². The van der Waals surface area contributed by atoms with Gasteiger partial charge in [-0.2, -0.15) is 5.10 Å². The van der Waals surface area contributed by atoms with Gasteiger partial charge in [-0.25, -0.2) is 4.98 Å². The quantitative estimate of drug-likeness (QED) is 0.395. The minimum atomic E-state index is 0.901. The van der Waals surface area contributed by atoms with Gasteiger partial charge in [-0.3, -0.25) is 5.10 Å². The van der Waals surface area contributed by atoms with Crippen LogP contribution in [0.3, 0.4) is 0 Å². The molecule has 3 heterocycles. The van der Waals surface area contributed by atoms with E-state index >= 15 is 0 Å². The maximum Gasteiger partial charge on any atom is 0.148 e. The second-order valence-electron chi connectivity index (χ2n) is 6.55. The topological polar surface area (TPSA) is 57.4 Å². The lowest BCUT2D eigenvalue weighted by Gasteiger charge is -1.99. The molecule has 2 N–H and O–H groups in total. The smallest absolute Gasteiger partial charge is 0.148 e. The van der Waals surface area contributed by atoms with E-state index in [1.807, 2.05) is 24.3 Å². The summed E-state index contributed by atoms with van der Waals surface area (Å²) in [7, 11) is 0. The van der Waals surface area contributed by atoms with Crippen LogP contribution in [0.2, 0.25) is 0 Å². The molecule has 0 saturated carbocycles.